The fourth-order valence-corrected chi connectivity index (χ4v) is 8.62. The number of nitrogens with one attached hydrogen (secondary N) is 4. The summed E-state index contributed by atoms with van der Waals surface area (Å²) < 4.78 is 5.91. The van der Waals surface area contributed by atoms with Gasteiger partial charge in [-0.1, -0.05) is 84.0 Å². The molecule has 2 aliphatic heterocycles. The number of cyclic esters (lactones) is 1. The first-order valence-electron chi connectivity index (χ1n) is 23.5. The van der Waals surface area contributed by atoms with Crippen molar-refractivity contribution in [1.82, 2.24) is 26.2 Å². The largest absolute Gasteiger partial charge is 0.508 e. The molecule has 0 bridgehead atoms. The lowest BCUT2D eigenvalue weighted by atomic mass is 9.90. The van der Waals surface area contributed by atoms with Gasteiger partial charge in [0.25, 0.3) is 0 Å². The van der Waals surface area contributed by atoms with Gasteiger partial charge in [-0.3, -0.25) is 38.4 Å². The number of hydrogen-bond donors (Lipinski definition) is 6. The highest BCUT2D eigenvalue weighted by molar-refractivity contribution is 5.98. The molecule has 17 heteroatoms. The molecule has 0 aliphatic carbocycles. The van der Waals surface area contributed by atoms with Crippen molar-refractivity contribution in [1.29, 1.82) is 0 Å². The minimum absolute atomic E-state index is 0.0187. The van der Waals surface area contributed by atoms with E-state index in [4.69, 9.17) is 10.5 Å². The molecule has 2 aliphatic rings. The van der Waals surface area contributed by atoms with E-state index in [1.807, 2.05) is 45.9 Å². The minimum atomic E-state index is -1.66. The maximum absolute atomic E-state index is 14.6. The minimum Gasteiger partial charge on any atom is -0.508 e. The summed E-state index contributed by atoms with van der Waals surface area (Å²) in [5.74, 6) is -8.77. The van der Waals surface area contributed by atoms with Crippen molar-refractivity contribution in [3.05, 3.63) is 65.7 Å². The van der Waals surface area contributed by atoms with Crippen LogP contribution >= 0.6 is 0 Å². The van der Waals surface area contributed by atoms with Crippen LogP contribution in [0, 0.1) is 29.6 Å². The Labute approximate surface area is 393 Å². The third-order valence-corrected chi connectivity index (χ3v) is 12.2. The lowest BCUT2D eigenvalue weighted by Gasteiger charge is -2.32. The Kier molecular flexibility index (Phi) is 20.1. The van der Waals surface area contributed by atoms with Gasteiger partial charge in [-0.2, -0.15) is 0 Å². The highest BCUT2D eigenvalue weighted by atomic mass is 16.5. The molecule has 2 saturated heterocycles. The zero-order valence-corrected chi connectivity index (χ0v) is 39.9. The van der Waals surface area contributed by atoms with Crippen molar-refractivity contribution in [3.63, 3.8) is 0 Å². The van der Waals surface area contributed by atoms with Crippen LogP contribution in [0.25, 0.3) is 0 Å². The van der Waals surface area contributed by atoms with Crippen LogP contribution in [0.4, 0.5) is 0 Å². The molecule has 0 radical (unpaired) electrons. The van der Waals surface area contributed by atoms with E-state index in [0.29, 0.717) is 18.4 Å². The Morgan fingerprint density at radius 3 is 2.06 bits per heavy atom. The second-order valence-electron chi connectivity index (χ2n) is 19.3. The lowest BCUT2D eigenvalue weighted by molar-refractivity contribution is -0.157. The number of amides is 6. The number of phenols is 1. The number of carbonyl (C=O) groups excluding carboxylic acids is 9. The number of phenolic OH excluding ortho intramolecular Hbond substituents is 1. The Bertz CT molecular complexity index is 2070. The molecule has 2 fully saturated rings. The second-order valence-corrected chi connectivity index (χ2v) is 19.3. The SMILES string of the molecule is CC(C)CC(=O)C[C@@H](CCC(N)=O)C(=O)N[C@@H]1C(=O)N[C@@H](CC(C)C)C(=O)N2CCC[C@@H]2C(=O)C[C@@H](Cc2ccccc2)C(=O)N[C@@H](Cc2ccc(O)cc2)C(=O)N[C@@H](C(C)C)C(=O)O[C@@H]1C. The molecule has 2 aromatic rings. The number of ether oxygens (including phenoxy) is 1. The van der Waals surface area contributed by atoms with E-state index in [0.717, 1.165) is 5.56 Å². The molecule has 0 spiro atoms. The van der Waals surface area contributed by atoms with Crippen molar-refractivity contribution in [2.45, 2.75) is 149 Å². The molecule has 0 aromatic heterocycles. The molecule has 2 aromatic carbocycles. The first-order chi connectivity index (χ1) is 31.6. The topological polar surface area (TPSA) is 260 Å². The number of rotatable bonds is 16. The number of fused-ring (bicyclic) bond motifs is 1. The van der Waals surface area contributed by atoms with Crippen LogP contribution in [0.5, 0.6) is 5.75 Å². The van der Waals surface area contributed by atoms with Crippen LogP contribution in [-0.2, 0) is 60.7 Å². The molecule has 8 atom stereocenters. The standard InChI is InChI=1S/C50H70N6O11/c1-28(2)22-37(58)26-34(17-20-42(51)60)45(61)55-44-31(7)67-50(66)43(30(5)6)54-47(63)38(25-33-15-18-36(57)19-16-33)52-46(62)35(24-32-12-9-8-10-13-32)27-41(59)40-14-11-21-56(40)49(65)39(23-29(3)4)53-48(44)64/h8-10,12-13,15-16,18-19,28-31,34-35,38-40,43-44,57H,11,14,17,20-27H2,1-7H3,(H2,51,60)(H,52,62)(H,53,64)(H,54,63)(H,55,61)/t31-,34-,35-,38+,39+,40-,43+,44+/m1/s1. The van der Waals surface area contributed by atoms with Crippen molar-refractivity contribution >= 4 is 53.0 Å². The van der Waals surface area contributed by atoms with Crippen LogP contribution in [0.15, 0.2) is 54.6 Å². The molecule has 7 N–H and O–H groups in total. The molecule has 366 valence electrons. The fraction of sp³-hybridized carbons (Fsp3) is 0.580. The number of ketones is 2. The van der Waals surface area contributed by atoms with Crippen LogP contribution in [0.3, 0.4) is 0 Å². The number of carbonyl (C=O) groups is 9. The Hall–Kier alpha value is -6.13. The smallest absolute Gasteiger partial charge is 0.329 e. The number of primary amides is 1. The molecule has 4 rings (SSSR count). The summed E-state index contributed by atoms with van der Waals surface area (Å²) >= 11 is 0. The summed E-state index contributed by atoms with van der Waals surface area (Å²) in [6.07, 6.45) is -1.20. The first kappa shape index (κ1) is 53.5. The van der Waals surface area contributed by atoms with E-state index in [2.05, 4.69) is 21.3 Å². The molecule has 17 nitrogen and oxygen atoms in total. The molecule has 0 saturated carbocycles. The van der Waals surface area contributed by atoms with Crippen molar-refractivity contribution in [3.8, 4) is 5.75 Å². The Morgan fingerprint density at radius 1 is 0.806 bits per heavy atom. The molecule has 67 heavy (non-hydrogen) atoms. The van der Waals surface area contributed by atoms with Gasteiger partial charge in [-0.15, -0.1) is 0 Å². The van der Waals surface area contributed by atoms with E-state index < -0.39 is 95.5 Å². The third kappa shape index (κ3) is 16.3. The van der Waals surface area contributed by atoms with Gasteiger partial charge in [-0.25, -0.2) is 4.79 Å². The van der Waals surface area contributed by atoms with Gasteiger partial charge in [-0.05, 0) is 80.0 Å². The van der Waals surface area contributed by atoms with Gasteiger partial charge in [0.15, 0.2) is 5.78 Å². The molecular formula is C50H70N6O11. The number of nitrogens with zero attached hydrogens (tertiary/aromatic N) is 1. The maximum atomic E-state index is 14.6. The van der Waals surface area contributed by atoms with Crippen molar-refractivity contribution < 1.29 is 53.0 Å². The average Bonchev–Trinajstić information content (AvgIpc) is 3.75. The number of benzene rings is 2. The van der Waals surface area contributed by atoms with Gasteiger partial charge < -0.3 is 41.7 Å². The van der Waals surface area contributed by atoms with E-state index in [1.165, 1.54) is 24.0 Å². The molecule has 6 amide bonds. The lowest BCUT2D eigenvalue weighted by Crippen LogP contribution is -2.60. The zero-order valence-electron chi connectivity index (χ0n) is 39.9. The van der Waals surface area contributed by atoms with Crippen LogP contribution in [0.1, 0.15) is 111 Å². The summed E-state index contributed by atoms with van der Waals surface area (Å²) in [6.45, 7) is 12.3. The predicted molar refractivity (Wildman–Crippen MR) is 248 cm³/mol. The molecular weight excluding hydrogens is 861 g/mol. The summed E-state index contributed by atoms with van der Waals surface area (Å²) in [6, 6.07) is 8.67. The van der Waals surface area contributed by atoms with Crippen molar-refractivity contribution in [2.24, 2.45) is 35.3 Å². The van der Waals surface area contributed by atoms with E-state index in [9.17, 15) is 48.3 Å². The highest BCUT2D eigenvalue weighted by Gasteiger charge is 2.42. The average molecular weight is 931 g/mol. The van der Waals surface area contributed by atoms with Crippen LogP contribution in [0.2, 0.25) is 0 Å². The zero-order chi connectivity index (χ0) is 49.5. The van der Waals surface area contributed by atoms with E-state index in [-0.39, 0.29) is 87.1 Å². The monoisotopic (exact) mass is 931 g/mol. The maximum Gasteiger partial charge on any atom is 0.329 e. The van der Waals surface area contributed by atoms with E-state index in [1.54, 1.807) is 38.1 Å². The Balaban J connectivity index is 1.82. The number of aromatic hydroxyl groups is 1. The van der Waals surface area contributed by atoms with Crippen molar-refractivity contribution in [2.75, 3.05) is 6.54 Å². The third-order valence-electron chi connectivity index (χ3n) is 12.2. The Morgan fingerprint density at radius 2 is 1.45 bits per heavy atom. The van der Waals surface area contributed by atoms with Gasteiger partial charge in [0.2, 0.25) is 35.4 Å². The quantitative estimate of drug-likeness (QED) is 0.133. The number of esters is 1. The predicted octanol–water partition coefficient (Wildman–Crippen LogP) is 3.22. The van der Waals surface area contributed by atoms with Crippen LogP contribution in [-0.4, -0.2) is 106 Å². The van der Waals surface area contributed by atoms with Gasteiger partial charge >= 0.3 is 5.97 Å². The van der Waals surface area contributed by atoms with Crippen LogP contribution < -0.4 is 27.0 Å². The van der Waals surface area contributed by atoms with Gasteiger partial charge in [0, 0.05) is 50.5 Å². The number of hydrogen-bond acceptors (Lipinski definition) is 11. The van der Waals surface area contributed by atoms with Gasteiger partial charge in [0.1, 0.15) is 41.8 Å². The summed E-state index contributed by atoms with van der Waals surface area (Å²) in [7, 11) is 0. The number of nitrogens with two attached hydrogens (primary N) is 1. The van der Waals surface area contributed by atoms with Gasteiger partial charge in [0.05, 0.1) is 6.04 Å². The summed E-state index contributed by atoms with van der Waals surface area (Å²) in [5, 5.41) is 21.0. The highest BCUT2D eigenvalue weighted by Crippen LogP contribution is 2.26. The number of Topliss-reactive ketones (excluding diaryl/α,β-unsaturated/α-hetero) is 2. The van der Waals surface area contributed by atoms with E-state index >= 15 is 0 Å². The normalized spacial score (nSPS) is 24.1. The molecule has 0 unspecified atom stereocenters. The first-order valence-corrected chi connectivity index (χ1v) is 23.5. The summed E-state index contributed by atoms with van der Waals surface area (Å²) in [4.78, 5) is 127. The second kappa shape index (κ2) is 25.1. The summed E-state index contributed by atoms with van der Waals surface area (Å²) in [5.41, 5.74) is 6.75. The fourth-order valence-electron chi connectivity index (χ4n) is 8.62. The molecule has 2 heterocycles.